The van der Waals surface area contributed by atoms with Crippen LogP contribution < -0.4 is 20.1 Å². The molecule has 0 aliphatic heterocycles. The molecular weight excluding hydrogens is 436 g/mol. The Bertz CT molecular complexity index is 954. The van der Waals surface area contributed by atoms with Gasteiger partial charge in [-0.2, -0.15) is 13.2 Å². The van der Waals surface area contributed by atoms with Crippen LogP contribution >= 0.6 is 0 Å². The molecule has 0 spiro atoms. The zero-order valence-electron chi connectivity index (χ0n) is 18.9. The molecule has 0 aromatic heterocycles. The van der Waals surface area contributed by atoms with E-state index in [-0.39, 0.29) is 5.56 Å². The molecule has 2 aromatic carbocycles. The lowest BCUT2D eigenvalue weighted by Crippen LogP contribution is -2.35. The number of ether oxygens (including phenoxy) is 2. The molecular formula is C25H30F4N2O2. The van der Waals surface area contributed by atoms with E-state index in [9.17, 15) is 17.6 Å². The second kappa shape index (κ2) is 10.9. The molecule has 0 bridgehead atoms. The van der Waals surface area contributed by atoms with E-state index < -0.39 is 17.6 Å². The molecule has 180 valence electrons. The first-order valence-corrected chi connectivity index (χ1v) is 10.9. The Morgan fingerprint density at radius 1 is 1.03 bits per heavy atom. The fourth-order valence-corrected chi connectivity index (χ4v) is 4.12. The standard InChI is InChI=1S/C25H30F4N2O2/c1-16(19-10-20(25(27,28)29)12-21(26)11-19)30-14-17-4-7-22(8-5-17)31-15-18-6-9-23(32-2)13-24(18)33-3/h6,9-13,17,22,30-31H,1,4-5,7-8,14-15H2,2-3H3. The Morgan fingerprint density at radius 3 is 2.39 bits per heavy atom. The maximum absolute atomic E-state index is 13.6. The number of hydrogen-bond donors (Lipinski definition) is 2. The van der Waals surface area contributed by atoms with Crippen molar-refractivity contribution in [1.29, 1.82) is 0 Å². The van der Waals surface area contributed by atoms with Gasteiger partial charge in [0, 0.05) is 42.0 Å². The normalized spacial score (nSPS) is 18.6. The highest BCUT2D eigenvalue weighted by Gasteiger charge is 2.31. The minimum atomic E-state index is -4.60. The van der Waals surface area contributed by atoms with Crippen LogP contribution in [-0.2, 0) is 12.7 Å². The molecule has 1 fully saturated rings. The maximum atomic E-state index is 13.6. The summed E-state index contributed by atoms with van der Waals surface area (Å²) in [5.74, 6) is 0.983. The summed E-state index contributed by atoms with van der Waals surface area (Å²) in [6, 6.07) is 8.63. The van der Waals surface area contributed by atoms with Gasteiger partial charge in [0.2, 0.25) is 0 Å². The monoisotopic (exact) mass is 466 g/mol. The van der Waals surface area contributed by atoms with Crippen molar-refractivity contribution in [1.82, 2.24) is 10.6 Å². The highest BCUT2D eigenvalue weighted by atomic mass is 19.4. The van der Waals surface area contributed by atoms with E-state index in [1.165, 1.54) is 0 Å². The van der Waals surface area contributed by atoms with Crippen LogP contribution in [0.2, 0.25) is 0 Å². The van der Waals surface area contributed by atoms with Gasteiger partial charge in [-0.3, -0.25) is 0 Å². The minimum Gasteiger partial charge on any atom is -0.497 e. The molecule has 0 saturated heterocycles. The van der Waals surface area contributed by atoms with E-state index in [2.05, 4.69) is 17.2 Å². The Kier molecular flexibility index (Phi) is 8.24. The molecule has 1 aliphatic carbocycles. The van der Waals surface area contributed by atoms with E-state index in [1.807, 2.05) is 18.2 Å². The largest absolute Gasteiger partial charge is 0.497 e. The van der Waals surface area contributed by atoms with E-state index in [4.69, 9.17) is 9.47 Å². The fraction of sp³-hybridized carbons (Fsp3) is 0.440. The Hall–Kier alpha value is -2.74. The number of benzene rings is 2. The van der Waals surface area contributed by atoms with Crippen LogP contribution in [0.4, 0.5) is 17.6 Å². The van der Waals surface area contributed by atoms with Crippen molar-refractivity contribution in [2.75, 3.05) is 20.8 Å². The Balaban J connectivity index is 1.46. The van der Waals surface area contributed by atoms with Crippen molar-refractivity contribution >= 4 is 5.70 Å². The van der Waals surface area contributed by atoms with Gasteiger partial charge >= 0.3 is 6.18 Å². The van der Waals surface area contributed by atoms with Crippen molar-refractivity contribution in [3.63, 3.8) is 0 Å². The van der Waals surface area contributed by atoms with Crippen molar-refractivity contribution in [2.24, 2.45) is 5.92 Å². The number of methoxy groups -OCH3 is 2. The highest BCUT2D eigenvalue weighted by Crippen LogP contribution is 2.32. The predicted molar refractivity (Wildman–Crippen MR) is 121 cm³/mol. The van der Waals surface area contributed by atoms with Gasteiger partial charge in [-0.25, -0.2) is 4.39 Å². The van der Waals surface area contributed by atoms with Crippen LogP contribution in [0.25, 0.3) is 5.70 Å². The lowest BCUT2D eigenvalue weighted by molar-refractivity contribution is -0.137. The first-order valence-electron chi connectivity index (χ1n) is 10.9. The van der Waals surface area contributed by atoms with Gasteiger partial charge in [0.15, 0.2) is 0 Å². The van der Waals surface area contributed by atoms with Crippen molar-refractivity contribution in [3.8, 4) is 11.5 Å². The Labute approximate surface area is 192 Å². The summed E-state index contributed by atoms with van der Waals surface area (Å²) < 4.78 is 63.1. The van der Waals surface area contributed by atoms with Gasteiger partial charge in [0.25, 0.3) is 0 Å². The molecule has 3 rings (SSSR count). The lowest BCUT2D eigenvalue weighted by Gasteiger charge is -2.30. The molecule has 0 radical (unpaired) electrons. The quantitative estimate of drug-likeness (QED) is 0.461. The van der Waals surface area contributed by atoms with E-state index in [0.717, 1.165) is 54.9 Å². The molecule has 0 heterocycles. The average Bonchev–Trinajstić information content (AvgIpc) is 2.80. The SMILES string of the molecule is C=C(NCC1CCC(NCc2ccc(OC)cc2OC)CC1)c1cc(F)cc(C(F)(F)F)c1. The van der Waals surface area contributed by atoms with Gasteiger partial charge in [-0.1, -0.05) is 12.6 Å². The van der Waals surface area contributed by atoms with E-state index in [0.29, 0.717) is 36.8 Å². The van der Waals surface area contributed by atoms with Gasteiger partial charge in [-0.15, -0.1) is 0 Å². The topological polar surface area (TPSA) is 42.5 Å². The first kappa shape index (κ1) is 24.9. The third kappa shape index (κ3) is 6.87. The number of alkyl halides is 3. The molecule has 4 nitrogen and oxygen atoms in total. The van der Waals surface area contributed by atoms with Crippen molar-refractivity contribution in [3.05, 3.63) is 65.5 Å². The molecule has 2 N–H and O–H groups in total. The van der Waals surface area contributed by atoms with Gasteiger partial charge in [0.1, 0.15) is 17.3 Å². The second-order valence-electron chi connectivity index (χ2n) is 8.36. The van der Waals surface area contributed by atoms with Crippen LogP contribution in [0.5, 0.6) is 11.5 Å². The molecule has 0 amide bonds. The summed E-state index contributed by atoms with van der Waals surface area (Å²) in [6.07, 6.45) is -0.646. The van der Waals surface area contributed by atoms with Crippen LogP contribution in [0.1, 0.15) is 42.4 Å². The van der Waals surface area contributed by atoms with E-state index in [1.54, 1.807) is 14.2 Å². The number of rotatable bonds is 9. The fourth-order valence-electron chi connectivity index (χ4n) is 4.12. The first-order chi connectivity index (χ1) is 15.7. The van der Waals surface area contributed by atoms with Gasteiger partial charge in [-0.05, 0) is 55.9 Å². The molecule has 1 aliphatic rings. The minimum absolute atomic E-state index is 0.117. The van der Waals surface area contributed by atoms with Crippen LogP contribution in [0.15, 0.2) is 43.0 Å². The molecule has 1 saturated carbocycles. The molecule has 0 atom stereocenters. The summed E-state index contributed by atoms with van der Waals surface area (Å²) in [4.78, 5) is 0. The smallest absolute Gasteiger partial charge is 0.416 e. The third-order valence-corrected chi connectivity index (χ3v) is 6.10. The number of hydrogen-bond acceptors (Lipinski definition) is 4. The molecule has 8 heteroatoms. The van der Waals surface area contributed by atoms with Crippen LogP contribution in [0.3, 0.4) is 0 Å². The van der Waals surface area contributed by atoms with Crippen LogP contribution in [0, 0.1) is 11.7 Å². The highest BCUT2D eigenvalue weighted by molar-refractivity contribution is 5.62. The van der Waals surface area contributed by atoms with Crippen molar-refractivity contribution < 1.29 is 27.0 Å². The zero-order chi connectivity index (χ0) is 24.0. The second-order valence-corrected chi connectivity index (χ2v) is 8.36. The summed E-state index contributed by atoms with van der Waals surface area (Å²) in [5.41, 5.74) is 0.463. The lowest BCUT2D eigenvalue weighted by atomic mass is 9.85. The van der Waals surface area contributed by atoms with Crippen molar-refractivity contribution in [2.45, 2.75) is 44.4 Å². The predicted octanol–water partition coefficient (Wildman–Crippen LogP) is 5.77. The molecule has 2 aromatic rings. The number of nitrogens with one attached hydrogen (secondary N) is 2. The average molecular weight is 467 g/mol. The molecule has 33 heavy (non-hydrogen) atoms. The van der Waals surface area contributed by atoms with Gasteiger partial charge < -0.3 is 20.1 Å². The Morgan fingerprint density at radius 2 is 1.76 bits per heavy atom. The summed E-state index contributed by atoms with van der Waals surface area (Å²) in [7, 11) is 3.26. The van der Waals surface area contributed by atoms with E-state index >= 15 is 0 Å². The summed E-state index contributed by atoms with van der Waals surface area (Å²) >= 11 is 0. The summed E-state index contributed by atoms with van der Waals surface area (Å²) in [6.45, 7) is 5.09. The van der Waals surface area contributed by atoms with Gasteiger partial charge in [0.05, 0.1) is 19.8 Å². The number of halogens is 4. The van der Waals surface area contributed by atoms with Crippen LogP contribution in [-0.4, -0.2) is 26.8 Å². The maximum Gasteiger partial charge on any atom is 0.416 e. The zero-order valence-corrected chi connectivity index (χ0v) is 18.9. The molecule has 0 unspecified atom stereocenters. The summed E-state index contributed by atoms with van der Waals surface area (Å²) in [5, 5.41) is 6.68. The third-order valence-electron chi connectivity index (χ3n) is 6.10.